The number of aliphatic hydroxyl groups is 1. The Hall–Kier alpha value is -2.94. The summed E-state index contributed by atoms with van der Waals surface area (Å²) in [6, 6.07) is 11.7. The van der Waals surface area contributed by atoms with Crippen molar-refractivity contribution in [3.63, 3.8) is 0 Å². The van der Waals surface area contributed by atoms with Crippen LogP contribution in [-0.4, -0.2) is 115 Å². The topological polar surface area (TPSA) is 121 Å². The van der Waals surface area contributed by atoms with Crippen LogP contribution in [0.25, 0.3) is 22.4 Å². The number of halogens is 1. The summed E-state index contributed by atoms with van der Waals surface area (Å²) in [6.45, 7) is 17.6. The molecule has 4 atom stereocenters. The number of amides is 1. The Morgan fingerprint density at radius 1 is 1.00 bits per heavy atom. The summed E-state index contributed by atoms with van der Waals surface area (Å²) in [6.07, 6.45) is 2.19. The zero-order chi connectivity index (χ0) is 36.8. The van der Waals surface area contributed by atoms with Crippen molar-refractivity contribution in [3.8, 4) is 17.3 Å². The summed E-state index contributed by atoms with van der Waals surface area (Å²) in [4.78, 5) is 26.7. The predicted octanol–water partition coefficient (Wildman–Crippen LogP) is 6.59. The van der Waals surface area contributed by atoms with E-state index in [1.807, 2.05) is 36.3 Å². The number of carbonyl (C=O) groups is 1. The number of carbonyl (C=O) groups excluding carboxylic acids is 1. The van der Waals surface area contributed by atoms with Crippen molar-refractivity contribution in [1.82, 2.24) is 19.4 Å². The number of likely N-dealkylation sites (tertiary alicyclic amines) is 1. The van der Waals surface area contributed by atoms with Crippen molar-refractivity contribution in [2.45, 2.75) is 109 Å². The SMILES string of the molecule is CC(C)(C)OC(=O)N1CCC2(CC1)CCN(c1ccc(-c3nc4nc(O[C@@H]5CO[C@H]6[C@@H]5OC[C@H]6O)n(COCC[Si](C)(C)C)c4cc3Cl)cc1)CC2. The zero-order valence-corrected chi connectivity index (χ0v) is 33.2. The second-order valence-electron chi connectivity index (χ2n) is 17.2. The number of aliphatic hydroxyl groups excluding tert-OH is 1. The summed E-state index contributed by atoms with van der Waals surface area (Å²) >= 11 is 6.94. The van der Waals surface area contributed by atoms with Gasteiger partial charge in [0.25, 0.3) is 0 Å². The van der Waals surface area contributed by atoms with Gasteiger partial charge in [-0.25, -0.2) is 9.78 Å². The van der Waals surface area contributed by atoms with E-state index in [4.69, 9.17) is 45.3 Å². The molecule has 284 valence electrons. The first kappa shape index (κ1) is 37.4. The standard InChI is InChI=1S/C38H54ClN5O7Si/c1-37(2,3)51-36(46)43-17-13-38(14-18-43)11-15-42(16-12-38)26-9-7-25(8-10-26)31-27(39)21-28-34(40-31)41-35(44(28)24-47-19-20-52(4,5)6)50-30-23-49-32-29(45)22-48-33(30)32/h7-10,21,29-30,32-33,45H,11-20,22-24H2,1-6H3/t29-,30-,32-,33-/m1/s1. The van der Waals surface area contributed by atoms with Crippen molar-refractivity contribution in [3.05, 3.63) is 35.4 Å². The van der Waals surface area contributed by atoms with Gasteiger partial charge >= 0.3 is 12.1 Å². The average molecular weight is 756 g/mol. The minimum Gasteiger partial charge on any atom is -0.456 e. The first-order valence-electron chi connectivity index (χ1n) is 18.7. The van der Waals surface area contributed by atoms with Gasteiger partial charge in [-0.2, -0.15) is 4.98 Å². The summed E-state index contributed by atoms with van der Waals surface area (Å²) in [5.74, 6) is 0. The van der Waals surface area contributed by atoms with E-state index in [2.05, 4.69) is 48.8 Å². The first-order chi connectivity index (χ1) is 24.7. The number of benzene rings is 1. The van der Waals surface area contributed by atoms with Crippen LogP contribution in [0.5, 0.6) is 6.01 Å². The minimum absolute atomic E-state index is 0.199. The molecule has 4 fully saturated rings. The number of hydrogen-bond acceptors (Lipinski definition) is 10. The number of ether oxygens (including phenoxy) is 5. The Morgan fingerprint density at radius 2 is 1.67 bits per heavy atom. The van der Waals surface area contributed by atoms with E-state index in [0.717, 1.165) is 69.0 Å². The van der Waals surface area contributed by atoms with E-state index >= 15 is 0 Å². The van der Waals surface area contributed by atoms with E-state index in [9.17, 15) is 9.90 Å². The molecule has 6 heterocycles. The van der Waals surface area contributed by atoms with E-state index in [-0.39, 0.29) is 30.9 Å². The molecule has 1 amide bonds. The third-order valence-corrected chi connectivity index (χ3v) is 12.9. The van der Waals surface area contributed by atoms with E-state index < -0.39 is 32.0 Å². The third-order valence-electron chi connectivity index (χ3n) is 10.9. The molecular formula is C38H54ClN5O7Si. The van der Waals surface area contributed by atoms with Crippen molar-refractivity contribution in [2.75, 3.05) is 50.9 Å². The number of anilines is 1. The number of hydrogen-bond donors (Lipinski definition) is 1. The number of fused-ring (bicyclic) bond motifs is 2. The zero-order valence-electron chi connectivity index (χ0n) is 31.4. The largest absolute Gasteiger partial charge is 0.456 e. The average Bonchev–Trinajstić information content (AvgIpc) is 3.77. The van der Waals surface area contributed by atoms with E-state index in [1.165, 1.54) is 5.69 Å². The van der Waals surface area contributed by atoms with Gasteiger partial charge in [-0.05, 0) is 76.1 Å². The van der Waals surface area contributed by atoms with Crippen molar-refractivity contribution >= 4 is 42.6 Å². The Bertz CT molecular complexity index is 1720. The van der Waals surface area contributed by atoms with Gasteiger partial charge in [-0.3, -0.25) is 4.57 Å². The van der Waals surface area contributed by atoms with Gasteiger partial charge in [0, 0.05) is 52.1 Å². The predicted molar refractivity (Wildman–Crippen MR) is 203 cm³/mol. The highest BCUT2D eigenvalue weighted by molar-refractivity contribution is 6.76. The van der Waals surface area contributed by atoms with E-state index in [1.54, 1.807) is 0 Å². The molecule has 7 rings (SSSR count). The maximum Gasteiger partial charge on any atom is 0.410 e. The fourth-order valence-electron chi connectivity index (χ4n) is 7.70. The van der Waals surface area contributed by atoms with Crippen LogP contribution >= 0.6 is 11.6 Å². The lowest BCUT2D eigenvalue weighted by molar-refractivity contribution is 0.00338. The fraction of sp³-hybridized carbons (Fsp3) is 0.658. The molecule has 0 radical (unpaired) electrons. The summed E-state index contributed by atoms with van der Waals surface area (Å²) in [7, 11) is -1.28. The minimum atomic E-state index is -1.28. The molecule has 1 spiro atoms. The van der Waals surface area contributed by atoms with Crippen LogP contribution in [-0.2, 0) is 25.7 Å². The van der Waals surface area contributed by atoms with Gasteiger partial charge in [0.1, 0.15) is 30.6 Å². The molecule has 0 aliphatic carbocycles. The van der Waals surface area contributed by atoms with Gasteiger partial charge in [0.05, 0.1) is 29.4 Å². The molecule has 1 aromatic carbocycles. The summed E-state index contributed by atoms with van der Waals surface area (Å²) in [5, 5.41) is 10.8. The second kappa shape index (κ2) is 14.7. The molecule has 0 unspecified atom stereocenters. The normalized spacial score (nSPS) is 24.8. The maximum atomic E-state index is 12.6. The smallest absolute Gasteiger partial charge is 0.410 e. The van der Waals surface area contributed by atoms with Gasteiger partial charge in [-0.1, -0.05) is 43.4 Å². The van der Waals surface area contributed by atoms with Crippen molar-refractivity contribution in [2.24, 2.45) is 5.41 Å². The van der Waals surface area contributed by atoms with Crippen LogP contribution in [0.4, 0.5) is 10.5 Å². The fourth-order valence-corrected chi connectivity index (χ4v) is 8.71. The molecule has 4 saturated heterocycles. The molecule has 0 saturated carbocycles. The van der Waals surface area contributed by atoms with Crippen LogP contribution in [0, 0.1) is 5.41 Å². The highest BCUT2D eigenvalue weighted by Crippen LogP contribution is 2.43. The monoisotopic (exact) mass is 755 g/mol. The maximum absolute atomic E-state index is 12.6. The molecule has 12 nitrogen and oxygen atoms in total. The van der Waals surface area contributed by atoms with Crippen LogP contribution < -0.4 is 9.64 Å². The van der Waals surface area contributed by atoms with Crippen molar-refractivity contribution < 1.29 is 33.6 Å². The first-order valence-corrected chi connectivity index (χ1v) is 22.8. The number of pyridine rings is 1. The number of rotatable bonds is 9. The van der Waals surface area contributed by atoms with E-state index in [0.29, 0.717) is 35.6 Å². The third kappa shape index (κ3) is 8.24. The molecular weight excluding hydrogens is 702 g/mol. The lowest BCUT2D eigenvalue weighted by Crippen LogP contribution is -2.49. The number of aromatic nitrogens is 3. The van der Waals surface area contributed by atoms with Crippen LogP contribution in [0.15, 0.2) is 30.3 Å². The Balaban J connectivity index is 1.03. The van der Waals surface area contributed by atoms with Crippen LogP contribution in [0.1, 0.15) is 46.5 Å². The Kier molecular flexibility index (Phi) is 10.6. The molecule has 52 heavy (non-hydrogen) atoms. The van der Waals surface area contributed by atoms with Crippen molar-refractivity contribution in [1.29, 1.82) is 0 Å². The molecule has 3 aromatic rings. The van der Waals surface area contributed by atoms with Gasteiger partial charge in [-0.15, -0.1) is 0 Å². The van der Waals surface area contributed by atoms with Crippen LogP contribution in [0.3, 0.4) is 0 Å². The Morgan fingerprint density at radius 3 is 2.35 bits per heavy atom. The van der Waals surface area contributed by atoms with Gasteiger partial charge in [0.15, 0.2) is 11.8 Å². The second-order valence-corrected chi connectivity index (χ2v) is 23.2. The summed E-state index contributed by atoms with van der Waals surface area (Å²) < 4.78 is 31.6. The molecule has 2 aromatic heterocycles. The summed E-state index contributed by atoms with van der Waals surface area (Å²) in [5.41, 5.74) is 3.76. The van der Waals surface area contributed by atoms with Crippen LogP contribution in [0.2, 0.25) is 30.7 Å². The number of nitrogens with zero attached hydrogens (tertiary/aromatic N) is 5. The molecule has 4 aliphatic heterocycles. The molecule has 1 N–H and O–H groups in total. The molecule has 0 bridgehead atoms. The number of piperidine rings is 2. The highest BCUT2D eigenvalue weighted by atomic mass is 35.5. The lowest BCUT2D eigenvalue weighted by Gasteiger charge is -2.47. The lowest BCUT2D eigenvalue weighted by atomic mass is 9.71. The molecule has 4 aliphatic rings. The Labute approximate surface area is 312 Å². The molecule has 14 heteroatoms. The van der Waals surface area contributed by atoms with Gasteiger partial charge < -0.3 is 38.6 Å². The highest BCUT2D eigenvalue weighted by Gasteiger charge is 2.49. The quantitative estimate of drug-likeness (QED) is 0.189. The number of imidazole rings is 1. The van der Waals surface area contributed by atoms with Gasteiger partial charge in [0.2, 0.25) is 0 Å².